The van der Waals surface area contributed by atoms with Gasteiger partial charge in [0.05, 0.1) is 6.54 Å². The van der Waals surface area contributed by atoms with Gasteiger partial charge in [-0.25, -0.2) is 0 Å². The lowest BCUT2D eigenvalue weighted by atomic mass is 10.3. The maximum absolute atomic E-state index is 12.3. The summed E-state index contributed by atoms with van der Waals surface area (Å²) in [6.07, 6.45) is 0.372. The van der Waals surface area contributed by atoms with Crippen LogP contribution in [0, 0.1) is 3.57 Å². The van der Waals surface area contributed by atoms with E-state index in [0.29, 0.717) is 23.7 Å². The van der Waals surface area contributed by atoms with Gasteiger partial charge >= 0.3 is 0 Å². The molecule has 0 aliphatic carbocycles. The first-order valence-corrected chi connectivity index (χ1v) is 12.7. The van der Waals surface area contributed by atoms with E-state index in [1.807, 2.05) is 83.4 Å². The van der Waals surface area contributed by atoms with Crippen molar-refractivity contribution in [3.8, 4) is 5.69 Å². The molecule has 0 unspecified atom stereocenters. The zero-order valence-corrected chi connectivity index (χ0v) is 21.3. The summed E-state index contributed by atoms with van der Waals surface area (Å²) in [6, 6.07) is 25.2. The predicted molar refractivity (Wildman–Crippen MR) is 143 cm³/mol. The number of nitrogens with one attached hydrogen (secondary N) is 2. The molecule has 0 saturated heterocycles. The van der Waals surface area contributed by atoms with Gasteiger partial charge in [-0.15, -0.1) is 10.2 Å². The van der Waals surface area contributed by atoms with E-state index in [0.717, 1.165) is 31.6 Å². The quantitative estimate of drug-likeness (QED) is 0.178. The highest BCUT2D eigenvalue weighted by Crippen LogP contribution is 2.24. The number of rotatable bonds is 9. The minimum absolute atomic E-state index is 0.0286. The number of aromatic nitrogens is 3. The average molecular weight is 590 g/mol. The van der Waals surface area contributed by atoms with Crippen molar-refractivity contribution in [3.63, 3.8) is 0 Å². The van der Waals surface area contributed by atoms with Crippen molar-refractivity contribution >= 4 is 63.2 Å². The van der Waals surface area contributed by atoms with Gasteiger partial charge in [0.15, 0.2) is 11.0 Å². The topological polar surface area (TPSA) is 71.8 Å². The molecule has 0 atom stereocenters. The molecule has 0 bridgehead atoms. The second-order valence-corrected chi connectivity index (χ2v) is 9.83. The van der Waals surface area contributed by atoms with Crippen LogP contribution in [0.1, 0.15) is 12.2 Å². The molecule has 0 radical (unpaired) electrons. The van der Waals surface area contributed by atoms with Gasteiger partial charge in [0.2, 0.25) is 5.91 Å². The van der Waals surface area contributed by atoms with E-state index in [4.69, 9.17) is 11.6 Å². The molecule has 0 aliphatic heterocycles. The average Bonchev–Trinajstić information content (AvgIpc) is 3.23. The van der Waals surface area contributed by atoms with Crippen molar-refractivity contribution in [3.05, 3.63) is 93.3 Å². The Labute approximate surface area is 215 Å². The van der Waals surface area contributed by atoms with Crippen LogP contribution in [0.25, 0.3) is 5.69 Å². The molecule has 0 spiro atoms. The largest absolute Gasteiger partial charge is 0.378 e. The van der Waals surface area contributed by atoms with Crippen molar-refractivity contribution < 1.29 is 4.79 Å². The zero-order valence-electron chi connectivity index (χ0n) is 17.5. The van der Waals surface area contributed by atoms with Gasteiger partial charge in [0.25, 0.3) is 0 Å². The van der Waals surface area contributed by atoms with E-state index in [1.165, 1.54) is 11.8 Å². The number of amides is 1. The summed E-state index contributed by atoms with van der Waals surface area (Å²) in [7, 11) is 0. The molecule has 1 aromatic heterocycles. The molecule has 0 saturated carbocycles. The smallest absolute Gasteiger partial charge is 0.225 e. The van der Waals surface area contributed by atoms with Crippen LogP contribution >= 0.6 is 46.0 Å². The van der Waals surface area contributed by atoms with Gasteiger partial charge < -0.3 is 10.6 Å². The Morgan fingerprint density at radius 2 is 1.64 bits per heavy atom. The maximum Gasteiger partial charge on any atom is 0.225 e. The molecule has 0 aliphatic rings. The number of carbonyl (C=O) groups is 1. The van der Waals surface area contributed by atoms with E-state index in [-0.39, 0.29) is 5.91 Å². The molecule has 1 heterocycles. The minimum atomic E-state index is -0.0286. The summed E-state index contributed by atoms with van der Waals surface area (Å²) in [5.74, 6) is 1.34. The minimum Gasteiger partial charge on any atom is -0.378 e. The summed E-state index contributed by atoms with van der Waals surface area (Å²) in [5, 5.41) is 16.5. The summed E-state index contributed by atoms with van der Waals surface area (Å²) >= 11 is 9.72. The molecule has 168 valence electrons. The van der Waals surface area contributed by atoms with E-state index in [9.17, 15) is 4.79 Å². The van der Waals surface area contributed by atoms with Crippen molar-refractivity contribution in [2.75, 3.05) is 16.4 Å². The van der Waals surface area contributed by atoms with Crippen LogP contribution in [0.4, 0.5) is 11.4 Å². The summed E-state index contributed by atoms with van der Waals surface area (Å²) < 4.78 is 3.15. The van der Waals surface area contributed by atoms with Crippen molar-refractivity contribution in [2.45, 2.75) is 18.1 Å². The van der Waals surface area contributed by atoms with Gasteiger partial charge in [-0.05, 0) is 83.3 Å². The molecule has 4 aromatic rings. The van der Waals surface area contributed by atoms with Crippen LogP contribution in [0.15, 0.2) is 84.0 Å². The lowest BCUT2D eigenvalue weighted by Gasteiger charge is -2.11. The van der Waals surface area contributed by atoms with Gasteiger partial charge in [-0.1, -0.05) is 41.6 Å². The van der Waals surface area contributed by atoms with E-state index in [1.54, 1.807) is 0 Å². The van der Waals surface area contributed by atoms with Gasteiger partial charge in [0, 0.05) is 37.8 Å². The van der Waals surface area contributed by atoms with E-state index in [2.05, 4.69) is 43.4 Å². The van der Waals surface area contributed by atoms with Crippen LogP contribution in [-0.2, 0) is 11.3 Å². The number of anilines is 2. The molecule has 2 N–H and O–H groups in total. The molecule has 9 heteroatoms. The van der Waals surface area contributed by atoms with E-state index >= 15 is 0 Å². The maximum atomic E-state index is 12.3. The number of carbonyl (C=O) groups excluding carboxylic acids is 1. The lowest BCUT2D eigenvalue weighted by molar-refractivity contribution is -0.115. The third-order valence-corrected chi connectivity index (χ3v) is 6.60. The van der Waals surface area contributed by atoms with Crippen molar-refractivity contribution in [2.24, 2.45) is 0 Å². The molecule has 4 rings (SSSR count). The van der Waals surface area contributed by atoms with Crippen LogP contribution in [0.5, 0.6) is 0 Å². The molecule has 33 heavy (non-hydrogen) atoms. The van der Waals surface area contributed by atoms with Crippen molar-refractivity contribution in [1.29, 1.82) is 0 Å². The number of nitrogens with zero attached hydrogens (tertiary/aromatic N) is 3. The number of thioether (sulfide) groups is 1. The first kappa shape index (κ1) is 23.6. The second-order valence-electron chi connectivity index (χ2n) is 7.08. The predicted octanol–water partition coefficient (Wildman–Crippen LogP) is 6.26. The normalized spacial score (nSPS) is 10.7. The zero-order chi connectivity index (χ0) is 23.0. The Morgan fingerprint density at radius 1 is 0.939 bits per heavy atom. The molecule has 6 nitrogen and oxygen atoms in total. The molecule has 3 aromatic carbocycles. The van der Waals surface area contributed by atoms with Gasteiger partial charge in [-0.2, -0.15) is 0 Å². The third-order valence-electron chi connectivity index (χ3n) is 4.70. The molecular weight excluding hydrogens is 569 g/mol. The monoisotopic (exact) mass is 589 g/mol. The molecule has 0 fully saturated rings. The van der Waals surface area contributed by atoms with Gasteiger partial charge in [0.1, 0.15) is 0 Å². The number of hydrogen-bond donors (Lipinski definition) is 2. The Kier molecular flexibility index (Phi) is 8.25. The van der Waals surface area contributed by atoms with Crippen LogP contribution < -0.4 is 10.6 Å². The van der Waals surface area contributed by atoms with Crippen LogP contribution in [0.2, 0.25) is 5.02 Å². The molecule has 1 amide bonds. The summed E-state index contributed by atoms with van der Waals surface area (Å²) in [6.45, 7) is 0.497. The third kappa shape index (κ3) is 6.72. The number of benzene rings is 3. The first-order valence-electron chi connectivity index (χ1n) is 10.3. The standard InChI is InChI=1S/C24H21ClIN5OS/c25-17-6-10-19(11-7-17)27-16-22-29-30-24(31(22)21-4-2-1-3-5-21)33-15-14-23(32)28-20-12-8-18(26)9-13-20/h1-13,27H,14-16H2,(H,28,32). The fourth-order valence-corrected chi connectivity index (χ4v) is 4.48. The number of para-hydroxylation sites is 1. The second kappa shape index (κ2) is 11.5. The van der Waals surface area contributed by atoms with Crippen LogP contribution in [0.3, 0.4) is 0 Å². The van der Waals surface area contributed by atoms with Crippen molar-refractivity contribution in [1.82, 2.24) is 14.8 Å². The lowest BCUT2D eigenvalue weighted by Crippen LogP contribution is -2.12. The van der Waals surface area contributed by atoms with Crippen LogP contribution in [-0.4, -0.2) is 26.4 Å². The Balaban J connectivity index is 1.42. The van der Waals surface area contributed by atoms with Gasteiger partial charge in [-0.3, -0.25) is 9.36 Å². The first-order chi connectivity index (χ1) is 16.1. The fraction of sp³-hybridized carbons (Fsp3) is 0.125. The Bertz CT molecular complexity index is 1200. The Hall–Kier alpha value is -2.56. The highest BCUT2D eigenvalue weighted by atomic mass is 127. The number of halogens is 2. The van der Waals surface area contributed by atoms with E-state index < -0.39 is 0 Å². The highest BCUT2D eigenvalue weighted by molar-refractivity contribution is 14.1. The fourth-order valence-electron chi connectivity index (χ4n) is 3.09. The highest BCUT2D eigenvalue weighted by Gasteiger charge is 2.15. The summed E-state index contributed by atoms with van der Waals surface area (Å²) in [4.78, 5) is 12.3. The Morgan fingerprint density at radius 3 is 2.36 bits per heavy atom. The molecular formula is C24H21ClIN5OS. The number of hydrogen-bond acceptors (Lipinski definition) is 5. The summed E-state index contributed by atoms with van der Waals surface area (Å²) in [5.41, 5.74) is 2.72. The SMILES string of the molecule is O=C(CCSc1nnc(CNc2ccc(Cl)cc2)n1-c1ccccc1)Nc1ccc(I)cc1.